The predicted octanol–water partition coefficient (Wildman–Crippen LogP) is 17.0. The molecule has 0 saturated heterocycles. The summed E-state index contributed by atoms with van der Waals surface area (Å²) >= 11 is 0. The van der Waals surface area contributed by atoms with E-state index in [1.54, 1.807) is 0 Å². The first-order valence-corrected chi connectivity index (χ1v) is 21.0. The number of hydrogen-bond donors (Lipinski definition) is 0. The van der Waals surface area contributed by atoms with Crippen molar-refractivity contribution in [2.24, 2.45) is 0 Å². The molecule has 0 N–H and O–H groups in total. The molecule has 0 saturated carbocycles. The van der Waals surface area contributed by atoms with E-state index in [-0.39, 0.29) is 0 Å². The third kappa shape index (κ3) is 6.63. The second-order valence-electron chi connectivity index (χ2n) is 15.6. The van der Waals surface area contributed by atoms with E-state index in [4.69, 9.17) is 0 Å². The van der Waals surface area contributed by atoms with Crippen molar-refractivity contribution < 1.29 is 0 Å². The van der Waals surface area contributed by atoms with Crippen LogP contribution in [0.4, 0.5) is 17.1 Å². The molecule has 1 heteroatoms. The molecule has 0 fully saturated rings. The Hall–Kier alpha value is -8.00. The van der Waals surface area contributed by atoms with E-state index < -0.39 is 0 Å². The second kappa shape index (κ2) is 15.6. The van der Waals surface area contributed by atoms with Crippen LogP contribution in [0, 0.1) is 0 Å². The molecule has 0 aromatic heterocycles. The molecule has 0 radical (unpaired) electrons. The van der Waals surface area contributed by atoms with Crippen LogP contribution in [0.5, 0.6) is 0 Å². The summed E-state index contributed by atoms with van der Waals surface area (Å²) in [6.07, 6.45) is 0. The van der Waals surface area contributed by atoms with Gasteiger partial charge in [-0.15, -0.1) is 0 Å². The van der Waals surface area contributed by atoms with Crippen molar-refractivity contribution in [1.82, 2.24) is 0 Å². The topological polar surface area (TPSA) is 3.24 Å². The fourth-order valence-electron chi connectivity index (χ4n) is 9.20. The van der Waals surface area contributed by atoms with Gasteiger partial charge in [0.15, 0.2) is 0 Å². The zero-order chi connectivity index (χ0) is 40.5. The van der Waals surface area contributed by atoms with Crippen molar-refractivity contribution in [2.75, 3.05) is 4.90 Å². The minimum absolute atomic E-state index is 1.09. The van der Waals surface area contributed by atoms with Crippen molar-refractivity contribution in [3.05, 3.63) is 249 Å². The van der Waals surface area contributed by atoms with Crippen LogP contribution in [0.25, 0.3) is 88.0 Å². The fourth-order valence-corrected chi connectivity index (χ4v) is 9.20. The third-order valence-corrected chi connectivity index (χ3v) is 12.1. The molecule has 0 aliphatic rings. The van der Waals surface area contributed by atoms with E-state index in [9.17, 15) is 0 Å². The van der Waals surface area contributed by atoms with Crippen LogP contribution in [0.1, 0.15) is 0 Å². The van der Waals surface area contributed by atoms with Gasteiger partial charge in [0.2, 0.25) is 0 Å². The van der Waals surface area contributed by atoms with Crippen LogP contribution in [0.3, 0.4) is 0 Å². The normalized spacial score (nSPS) is 11.3. The van der Waals surface area contributed by atoms with Crippen molar-refractivity contribution in [1.29, 1.82) is 0 Å². The van der Waals surface area contributed by atoms with Gasteiger partial charge in [-0.3, -0.25) is 0 Å². The first kappa shape index (κ1) is 36.1. The maximum absolute atomic E-state index is 2.42. The lowest BCUT2D eigenvalue weighted by molar-refractivity contribution is 1.30. The molecule has 0 aliphatic heterocycles. The van der Waals surface area contributed by atoms with Gasteiger partial charge in [-0.1, -0.05) is 218 Å². The van der Waals surface area contributed by atoms with Gasteiger partial charge in [-0.05, 0) is 113 Å². The number of fused-ring (bicyclic) bond motifs is 3. The molecular weight excluding hydrogens is 735 g/mol. The molecule has 11 aromatic rings. The quantitative estimate of drug-likeness (QED) is 0.149. The molecule has 0 heterocycles. The summed E-state index contributed by atoms with van der Waals surface area (Å²) in [4.78, 5) is 2.42. The van der Waals surface area contributed by atoms with E-state index in [2.05, 4.69) is 254 Å². The Labute approximate surface area is 357 Å². The van der Waals surface area contributed by atoms with Crippen LogP contribution in [-0.2, 0) is 0 Å². The monoisotopic (exact) mass is 775 g/mol. The lowest BCUT2D eigenvalue weighted by Crippen LogP contribution is -2.10. The van der Waals surface area contributed by atoms with Crippen molar-refractivity contribution in [2.45, 2.75) is 0 Å². The second-order valence-corrected chi connectivity index (χ2v) is 15.6. The molecule has 286 valence electrons. The van der Waals surface area contributed by atoms with E-state index in [1.165, 1.54) is 88.0 Å². The lowest BCUT2D eigenvalue weighted by Gasteiger charge is -2.28. The first-order chi connectivity index (χ1) is 30.3. The maximum atomic E-state index is 2.42. The number of anilines is 3. The Morgan fingerprint density at radius 2 is 0.623 bits per heavy atom. The Morgan fingerprint density at radius 1 is 0.213 bits per heavy atom. The SMILES string of the molecule is c1ccc(-c2ccc(N(c3ccc(-c4ccc(-c5ccccc5)c5cccc(-c6ccccc6)c45)cc3)c3ccc(-c4cccc5ccccc45)c4ccccc34)cc2)cc1. The summed E-state index contributed by atoms with van der Waals surface area (Å²) in [5, 5.41) is 7.41. The Bertz CT molecular complexity index is 3310. The van der Waals surface area contributed by atoms with Gasteiger partial charge in [0.05, 0.1) is 5.69 Å². The summed E-state index contributed by atoms with van der Waals surface area (Å²) in [6, 6.07) is 90.4. The van der Waals surface area contributed by atoms with E-state index in [1.807, 2.05) is 0 Å². The standard InChI is InChI=1S/C60H41N/c1-4-16-42(17-5-1)43-30-34-48(35-31-43)61(59-41-40-56(55-25-12-13-26-57(55)59)54-28-14-23-45-22-10-11-24-50(45)54)49-36-32-47(33-37-49)53-39-38-51(44-18-6-2-7-19-44)58-29-15-27-52(60(53)58)46-20-8-3-9-21-46/h1-41H. The molecule has 11 rings (SSSR count). The first-order valence-electron chi connectivity index (χ1n) is 21.0. The molecule has 0 aliphatic carbocycles. The number of rotatable bonds is 8. The smallest absolute Gasteiger partial charge is 0.0540 e. The number of nitrogens with zero attached hydrogens (tertiary/aromatic N) is 1. The molecule has 0 atom stereocenters. The highest BCUT2D eigenvalue weighted by Gasteiger charge is 2.20. The van der Waals surface area contributed by atoms with E-state index >= 15 is 0 Å². The van der Waals surface area contributed by atoms with Gasteiger partial charge < -0.3 is 4.90 Å². The molecular formula is C60H41N. The van der Waals surface area contributed by atoms with E-state index in [0.717, 1.165) is 17.1 Å². The summed E-state index contributed by atoms with van der Waals surface area (Å²) in [7, 11) is 0. The van der Waals surface area contributed by atoms with Gasteiger partial charge in [-0.2, -0.15) is 0 Å². The zero-order valence-corrected chi connectivity index (χ0v) is 33.6. The van der Waals surface area contributed by atoms with Crippen LogP contribution in [0.2, 0.25) is 0 Å². The highest BCUT2D eigenvalue weighted by Crippen LogP contribution is 2.45. The molecule has 0 amide bonds. The van der Waals surface area contributed by atoms with Crippen LogP contribution in [-0.4, -0.2) is 0 Å². The van der Waals surface area contributed by atoms with Gasteiger partial charge in [-0.25, -0.2) is 0 Å². The maximum Gasteiger partial charge on any atom is 0.0540 e. The number of hydrogen-bond acceptors (Lipinski definition) is 1. The Kier molecular flexibility index (Phi) is 9.26. The van der Waals surface area contributed by atoms with Crippen LogP contribution < -0.4 is 4.90 Å². The summed E-state index contributed by atoms with van der Waals surface area (Å²) in [5.41, 5.74) is 15.5. The van der Waals surface area contributed by atoms with Gasteiger partial charge in [0.1, 0.15) is 0 Å². The number of benzene rings is 11. The van der Waals surface area contributed by atoms with Crippen molar-refractivity contribution in [3.63, 3.8) is 0 Å². The van der Waals surface area contributed by atoms with Gasteiger partial charge in [0.25, 0.3) is 0 Å². The Morgan fingerprint density at radius 3 is 1.31 bits per heavy atom. The molecule has 0 unspecified atom stereocenters. The zero-order valence-electron chi connectivity index (χ0n) is 33.6. The van der Waals surface area contributed by atoms with E-state index in [0.29, 0.717) is 0 Å². The van der Waals surface area contributed by atoms with Crippen LogP contribution >= 0.6 is 0 Å². The molecule has 0 bridgehead atoms. The van der Waals surface area contributed by atoms with Gasteiger partial charge in [0, 0.05) is 16.8 Å². The summed E-state index contributed by atoms with van der Waals surface area (Å²) in [6.45, 7) is 0. The molecule has 0 spiro atoms. The summed E-state index contributed by atoms with van der Waals surface area (Å²) < 4.78 is 0. The average Bonchev–Trinajstić information content (AvgIpc) is 3.35. The van der Waals surface area contributed by atoms with Crippen molar-refractivity contribution in [3.8, 4) is 55.6 Å². The molecule has 1 nitrogen and oxygen atoms in total. The molecule has 11 aromatic carbocycles. The lowest BCUT2D eigenvalue weighted by atomic mass is 9.87. The highest BCUT2D eigenvalue weighted by molar-refractivity contribution is 6.13. The largest absolute Gasteiger partial charge is 0.310 e. The van der Waals surface area contributed by atoms with Crippen molar-refractivity contribution >= 4 is 49.4 Å². The van der Waals surface area contributed by atoms with Crippen LogP contribution in [0.15, 0.2) is 249 Å². The minimum Gasteiger partial charge on any atom is -0.310 e. The summed E-state index contributed by atoms with van der Waals surface area (Å²) in [5.74, 6) is 0. The Balaban J connectivity index is 1.08. The predicted molar refractivity (Wildman–Crippen MR) is 261 cm³/mol. The highest BCUT2D eigenvalue weighted by atomic mass is 15.1. The average molecular weight is 776 g/mol. The minimum atomic E-state index is 1.09. The third-order valence-electron chi connectivity index (χ3n) is 12.1. The fraction of sp³-hybridized carbons (Fsp3) is 0. The van der Waals surface area contributed by atoms with Gasteiger partial charge >= 0.3 is 0 Å². The molecule has 61 heavy (non-hydrogen) atoms.